The lowest BCUT2D eigenvalue weighted by Crippen LogP contribution is -2.50. The summed E-state index contributed by atoms with van der Waals surface area (Å²) in [5.74, 6) is -3.63. The first-order chi connectivity index (χ1) is 9.81. The second-order valence-electron chi connectivity index (χ2n) is 4.03. The van der Waals surface area contributed by atoms with Crippen LogP contribution in [0.1, 0.15) is 26.7 Å². The van der Waals surface area contributed by atoms with Crippen LogP contribution in [0.25, 0.3) is 0 Å². The molecule has 0 rings (SSSR count). The molecule has 0 spiro atoms. The molecule has 9 nitrogen and oxygen atoms in total. The number of carbonyl (C=O) groups is 4. The van der Waals surface area contributed by atoms with Gasteiger partial charge >= 0.3 is 17.9 Å². The van der Waals surface area contributed by atoms with Gasteiger partial charge in [-0.1, -0.05) is 0 Å². The van der Waals surface area contributed by atoms with E-state index in [9.17, 15) is 19.2 Å². The van der Waals surface area contributed by atoms with Gasteiger partial charge in [0.25, 0.3) is 0 Å². The van der Waals surface area contributed by atoms with Gasteiger partial charge in [0.15, 0.2) is 0 Å². The number of rotatable bonds is 9. The Hall–Kier alpha value is -2.16. The Morgan fingerprint density at radius 1 is 1.10 bits per heavy atom. The van der Waals surface area contributed by atoms with Gasteiger partial charge in [-0.25, -0.2) is 4.79 Å². The summed E-state index contributed by atoms with van der Waals surface area (Å²) in [5, 5.41) is 10.7. The smallest absolute Gasteiger partial charge is 0.329 e. The number of hydrogen-bond acceptors (Lipinski definition) is 7. The molecule has 0 heterocycles. The molecule has 0 aromatic rings. The summed E-state index contributed by atoms with van der Waals surface area (Å²) in [6.45, 7) is 3.35. The Labute approximate surface area is 121 Å². The van der Waals surface area contributed by atoms with Gasteiger partial charge in [0, 0.05) is 0 Å². The third-order valence-electron chi connectivity index (χ3n) is 2.30. The van der Waals surface area contributed by atoms with Crippen LogP contribution in [0, 0.1) is 0 Å². The number of carboxylic acid groups (broad SMARTS) is 1. The Morgan fingerprint density at radius 3 is 2.14 bits per heavy atom. The van der Waals surface area contributed by atoms with Crippen LogP contribution in [-0.2, 0) is 28.7 Å². The number of hydrogen-bond donors (Lipinski definition) is 3. The molecule has 4 N–H and O–H groups in total. The SMILES string of the molecule is CCOC(=O)CC(NC(=O)C(N)CC(=O)O)C(=O)OCC. The van der Waals surface area contributed by atoms with Crippen molar-refractivity contribution in [2.75, 3.05) is 13.2 Å². The Morgan fingerprint density at radius 2 is 1.67 bits per heavy atom. The first kappa shape index (κ1) is 18.8. The molecule has 1 amide bonds. The van der Waals surface area contributed by atoms with Crippen molar-refractivity contribution in [3.8, 4) is 0 Å². The molecule has 0 aliphatic rings. The fraction of sp³-hybridized carbons (Fsp3) is 0.667. The van der Waals surface area contributed by atoms with Gasteiger partial charge in [-0.15, -0.1) is 0 Å². The molecule has 0 aromatic carbocycles. The zero-order valence-electron chi connectivity index (χ0n) is 12.0. The van der Waals surface area contributed by atoms with Crippen molar-refractivity contribution in [1.29, 1.82) is 0 Å². The molecule has 0 saturated heterocycles. The molecular formula is C12H20N2O7. The van der Waals surface area contributed by atoms with Crippen molar-refractivity contribution >= 4 is 23.8 Å². The number of amides is 1. The van der Waals surface area contributed by atoms with E-state index in [1.165, 1.54) is 0 Å². The van der Waals surface area contributed by atoms with Gasteiger partial charge in [-0.05, 0) is 13.8 Å². The summed E-state index contributed by atoms with van der Waals surface area (Å²) >= 11 is 0. The summed E-state index contributed by atoms with van der Waals surface area (Å²) in [4.78, 5) is 45.2. The van der Waals surface area contributed by atoms with Crippen LogP contribution < -0.4 is 11.1 Å². The van der Waals surface area contributed by atoms with Gasteiger partial charge in [-0.3, -0.25) is 14.4 Å². The number of nitrogens with two attached hydrogens (primary N) is 1. The maximum atomic E-state index is 11.7. The van der Waals surface area contributed by atoms with E-state index in [1.807, 2.05) is 0 Å². The number of nitrogens with one attached hydrogen (secondary N) is 1. The predicted octanol–water partition coefficient (Wildman–Crippen LogP) is -1.21. The average molecular weight is 304 g/mol. The lowest BCUT2D eigenvalue weighted by atomic mass is 10.1. The van der Waals surface area contributed by atoms with Crippen LogP contribution in [0.5, 0.6) is 0 Å². The maximum Gasteiger partial charge on any atom is 0.329 e. The molecule has 2 unspecified atom stereocenters. The van der Waals surface area contributed by atoms with E-state index in [2.05, 4.69) is 10.1 Å². The Kier molecular flexibility index (Phi) is 8.70. The normalized spacial score (nSPS) is 12.9. The topological polar surface area (TPSA) is 145 Å². The third-order valence-corrected chi connectivity index (χ3v) is 2.30. The van der Waals surface area contributed by atoms with E-state index < -0.39 is 48.7 Å². The zero-order chi connectivity index (χ0) is 16.4. The number of aliphatic carboxylic acids is 1. The molecule has 0 fully saturated rings. The number of ether oxygens (including phenoxy) is 2. The van der Waals surface area contributed by atoms with Crippen LogP contribution >= 0.6 is 0 Å². The van der Waals surface area contributed by atoms with Crippen molar-refractivity contribution in [3.63, 3.8) is 0 Å². The van der Waals surface area contributed by atoms with Crippen LogP contribution in [-0.4, -0.2) is 54.2 Å². The number of carbonyl (C=O) groups excluding carboxylic acids is 3. The minimum absolute atomic E-state index is 0.0647. The summed E-state index contributed by atoms with van der Waals surface area (Å²) < 4.78 is 9.41. The minimum Gasteiger partial charge on any atom is -0.481 e. The second-order valence-corrected chi connectivity index (χ2v) is 4.03. The van der Waals surface area contributed by atoms with E-state index in [4.69, 9.17) is 15.6 Å². The molecular weight excluding hydrogens is 284 g/mol. The molecule has 0 aliphatic heterocycles. The molecule has 0 bridgehead atoms. The number of carboxylic acids is 1. The van der Waals surface area contributed by atoms with Crippen molar-refractivity contribution in [1.82, 2.24) is 5.32 Å². The lowest BCUT2D eigenvalue weighted by molar-refractivity contribution is -0.153. The van der Waals surface area contributed by atoms with E-state index in [0.717, 1.165) is 0 Å². The summed E-state index contributed by atoms with van der Waals surface area (Å²) in [6, 6.07) is -2.60. The monoisotopic (exact) mass is 304 g/mol. The second kappa shape index (κ2) is 9.70. The Balaban J connectivity index is 4.72. The average Bonchev–Trinajstić information content (AvgIpc) is 2.37. The highest BCUT2D eigenvalue weighted by Gasteiger charge is 2.28. The van der Waals surface area contributed by atoms with E-state index in [1.54, 1.807) is 13.8 Å². The first-order valence-electron chi connectivity index (χ1n) is 6.41. The summed E-state index contributed by atoms with van der Waals surface area (Å²) in [7, 11) is 0. The van der Waals surface area contributed by atoms with E-state index in [0.29, 0.717) is 0 Å². The summed E-state index contributed by atoms with van der Waals surface area (Å²) in [5.41, 5.74) is 5.37. The van der Waals surface area contributed by atoms with Crippen LogP contribution in [0.15, 0.2) is 0 Å². The highest BCUT2D eigenvalue weighted by molar-refractivity contribution is 5.91. The van der Waals surface area contributed by atoms with Crippen molar-refractivity contribution < 1.29 is 33.8 Å². The minimum atomic E-state index is -1.33. The predicted molar refractivity (Wildman–Crippen MR) is 70.0 cm³/mol. The first-order valence-corrected chi connectivity index (χ1v) is 6.41. The molecule has 0 radical (unpaired) electrons. The largest absolute Gasteiger partial charge is 0.481 e. The molecule has 2 atom stereocenters. The van der Waals surface area contributed by atoms with E-state index in [-0.39, 0.29) is 13.2 Å². The van der Waals surface area contributed by atoms with Crippen molar-refractivity contribution in [3.05, 3.63) is 0 Å². The zero-order valence-corrected chi connectivity index (χ0v) is 12.0. The molecule has 9 heteroatoms. The van der Waals surface area contributed by atoms with Crippen molar-refractivity contribution in [2.24, 2.45) is 5.73 Å². The lowest BCUT2D eigenvalue weighted by Gasteiger charge is -2.18. The number of esters is 2. The van der Waals surface area contributed by atoms with Crippen molar-refractivity contribution in [2.45, 2.75) is 38.8 Å². The fourth-order valence-electron chi connectivity index (χ4n) is 1.38. The van der Waals surface area contributed by atoms with Crippen LogP contribution in [0.3, 0.4) is 0 Å². The fourth-order valence-corrected chi connectivity index (χ4v) is 1.38. The molecule has 0 aromatic heterocycles. The van der Waals surface area contributed by atoms with Gasteiger partial charge in [-0.2, -0.15) is 0 Å². The third kappa shape index (κ3) is 7.88. The standard InChI is InChI=1S/C12H20N2O7/c1-3-20-10(17)6-8(12(19)21-4-2)14-11(18)7(13)5-9(15)16/h7-8H,3-6,13H2,1-2H3,(H,14,18)(H,15,16). The maximum absolute atomic E-state index is 11.7. The van der Waals surface area contributed by atoms with Crippen LogP contribution in [0.4, 0.5) is 0 Å². The highest BCUT2D eigenvalue weighted by atomic mass is 16.5. The molecule has 0 aliphatic carbocycles. The summed E-state index contributed by atoms with van der Waals surface area (Å²) in [6.07, 6.45) is -1.01. The van der Waals surface area contributed by atoms with Gasteiger partial charge < -0.3 is 25.6 Å². The van der Waals surface area contributed by atoms with Gasteiger partial charge in [0.1, 0.15) is 6.04 Å². The molecule has 0 saturated carbocycles. The quantitative estimate of drug-likeness (QED) is 0.450. The van der Waals surface area contributed by atoms with E-state index >= 15 is 0 Å². The Bertz CT molecular complexity index is 397. The molecule has 120 valence electrons. The van der Waals surface area contributed by atoms with Gasteiger partial charge in [0.2, 0.25) is 5.91 Å². The van der Waals surface area contributed by atoms with Gasteiger partial charge in [0.05, 0.1) is 32.1 Å². The molecule has 21 heavy (non-hydrogen) atoms. The highest BCUT2D eigenvalue weighted by Crippen LogP contribution is 2.01. The van der Waals surface area contributed by atoms with Crippen LogP contribution in [0.2, 0.25) is 0 Å².